The summed E-state index contributed by atoms with van der Waals surface area (Å²) >= 11 is 6.23. The minimum Gasteiger partial charge on any atom is -0.361 e. The minimum absolute atomic E-state index is 0.148. The maximum Gasteiger partial charge on any atom is 0.267 e. The Bertz CT molecular complexity index is 1610. The Kier molecular flexibility index (Phi) is 6.60. The van der Waals surface area contributed by atoms with Crippen molar-refractivity contribution in [3.63, 3.8) is 0 Å². The smallest absolute Gasteiger partial charge is 0.267 e. The van der Waals surface area contributed by atoms with Crippen LogP contribution in [0.5, 0.6) is 0 Å². The maximum absolute atomic E-state index is 13.3. The van der Waals surface area contributed by atoms with E-state index in [0.29, 0.717) is 23.6 Å². The second kappa shape index (κ2) is 10.1. The maximum atomic E-state index is 13.3. The van der Waals surface area contributed by atoms with E-state index in [0.717, 1.165) is 32.9 Å². The molecule has 5 aromatic rings. The SMILES string of the molecule is Cn1cc(/C=C(/NC(=O)c2ccccc2Cl)C(=O)NCCc2c[nH]c3ccccc23)c2ccccc21. The van der Waals surface area contributed by atoms with Crippen LogP contribution in [-0.4, -0.2) is 27.9 Å². The van der Waals surface area contributed by atoms with Gasteiger partial charge < -0.3 is 20.2 Å². The minimum atomic E-state index is -0.445. The van der Waals surface area contributed by atoms with Gasteiger partial charge in [0.1, 0.15) is 5.70 Å². The number of nitrogens with zero attached hydrogens (tertiary/aromatic N) is 1. The Hall–Kier alpha value is -4.29. The van der Waals surface area contributed by atoms with Crippen LogP contribution in [0.2, 0.25) is 5.02 Å². The number of aryl methyl sites for hydroxylation is 1. The number of hydrogen-bond acceptors (Lipinski definition) is 2. The van der Waals surface area contributed by atoms with Crippen molar-refractivity contribution in [1.29, 1.82) is 0 Å². The molecule has 0 radical (unpaired) electrons. The van der Waals surface area contributed by atoms with E-state index in [-0.39, 0.29) is 11.6 Å². The highest BCUT2D eigenvalue weighted by Gasteiger charge is 2.17. The quantitative estimate of drug-likeness (QED) is 0.262. The number of para-hydroxylation sites is 2. The number of nitrogens with one attached hydrogen (secondary N) is 3. The molecular weight excluding hydrogens is 472 g/mol. The van der Waals surface area contributed by atoms with E-state index in [9.17, 15) is 9.59 Å². The van der Waals surface area contributed by atoms with Gasteiger partial charge in [-0.3, -0.25) is 9.59 Å². The average Bonchev–Trinajstić information content (AvgIpc) is 3.44. The van der Waals surface area contributed by atoms with E-state index in [1.807, 2.05) is 66.5 Å². The average molecular weight is 497 g/mol. The van der Waals surface area contributed by atoms with Crippen LogP contribution in [0.25, 0.3) is 27.9 Å². The number of fused-ring (bicyclic) bond motifs is 2. The first-order chi connectivity index (χ1) is 17.5. The molecule has 0 spiro atoms. The van der Waals surface area contributed by atoms with Gasteiger partial charge in [0.05, 0.1) is 10.6 Å². The zero-order valence-corrected chi connectivity index (χ0v) is 20.5. The molecule has 36 heavy (non-hydrogen) atoms. The van der Waals surface area contributed by atoms with Gasteiger partial charge in [0.15, 0.2) is 0 Å². The third-order valence-electron chi connectivity index (χ3n) is 6.19. The van der Waals surface area contributed by atoms with Crippen LogP contribution in [-0.2, 0) is 18.3 Å². The number of aromatic nitrogens is 2. The molecule has 0 bridgehead atoms. The molecule has 7 heteroatoms. The van der Waals surface area contributed by atoms with Crippen molar-refractivity contribution < 1.29 is 9.59 Å². The normalized spacial score (nSPS) is 11.7. The number of rotatable bonds is 7. The number of hydrogen-bond donors (Lipinski definition) is 3. The monoisotopic (exact) mass is 496 g/mol. The Labute approximate surface area is 213 Å². The zero-order valence-electron chi connectivity index (χ0n) is 19.7. The fourth-order valence-electron chi connectivity index (χ4n) is 4.38. The molecule has 2 amide bonds. The van der Waals surface area contributed by atoms with Crippen LogP contribution in [0.4, 0.5) is 0 Å². The van der Waals surface area contributed by atoms with Gasteiger partial charge in [-0.1, -0.05) is 60.1 Å². The Morgan fingerprint density at radius 3 is 2.53 bits per heavy atom. The number of aromatic amines is 1. The highest BCUT2D eigenvalue weighted by molar-refractivity contribution is 6.34. The largest absolute Gasteiger partial charge is 0.361 e. The van der Waals surface area contributed by atoms with Gasteiger partial charge in [-0.15, -0.1) is 0 Å². The molecule has 3 N–H and O–H groups in total. The molecule has 0 aliphatic rings. The molecular formula is C29H25ClN4O2. The number of carbonyl (C=O) groups excluding carboxylic acids is 2. The number of benzene rings is 3. The van der Waals surface area contributed by atoms with Crippen LogP contribution in [0, 0.1) is 0 Å². The van der Waals surface area contributed by atoms with Gasteiger partial charge in [0.25, 0.3) is 11.8 Å². The Balaban J connectivity index is 1.40. The summed E-state index contributed by atoms with van der Waals surface area (Å²) in [5, 5.41) is 8.17. The van der Waals surface area contributed by atoms with Gasteiger partial charge in [0.2, 0.25) is 0 Å². The lowest BCUT2D eigenvalue weighted by atomic mass is 10.1. The van der Waals surface area contributed by atoms with E-state index in [4.69, 9.17) is 11.6 Å². The van der Waals surface area contributed by atoms with Crippen LogP contribution in [0.3, 0.4) is 0 Å². The molecule has 5 rings (SSSR count). The molecule has 2 heterocycles. The third-order valence-corrected chi connectivity index (χ3v) is 6.52. The first-order valence-corrected chi connectivity index (χ1v) is 12.0. The molecule has 6 nitrogen and oxygen atoms in total. The third kappa shape index (κ3) is 4.76. The predicted octanol–water partition coefficient (Wildman–Crippen LogP) is 5.44. The van der Waals surface area contributed by atoms with Crippen LogP contribution < -0.4 is 10.6 Å². The van der Waals surface area contributed by atoms with Crippen molar-refractivity contribution in [2.45, 2.75) is 6.42 Å². The van der Waals surface area contributed by atoms with Gasteiger partial charge in [-0.05, 0) is 42.3 Å². The van der Waals surface area contributed by atoms with Crippen LogP contribution in [0.1, 0.15) is 21.5 Å². The molecule has 0 atom stereocenters. The lowest BCUT2D eigenvalue weighted by molar-refractivity contribution is -0.117. The van der Waals surface area contributed by atoms with Gasteiger partial charge in [0, 0.05) is 53.4 Å². The van der Waals surface area contributed by atoms with Crippen molar-refractivity contribution in [3.8, 4) is 0 Å². The second-order valence-corrected chi connectivity index (χ2v) is 8.98. The predicted molar refractivity (Wildman–Crippen MR) is 145 cm³/mol. The second-order valence-electron chi connectivity index (χ2n) is 8.57. The lowest BCUT2D eigenvalue weighted by Crippen LogP contribution is -2.35. The van der Waals surface area contributed by atoms with Crippen LogP contribution >= 0.6 is 11.6 Å². The number of amides is 2. The summed E-state index contributed by atoms with van der Waals surface area (Å²) < 4.78 is 1.99. The highest BCUT2D eigenvalue weighted by Crippen LogP contribution is 2.23. The highest BCUT2D eigenvalue weighted by atomic mass is 35.5. The summed E-state index contributed by atoms with van der Waals surface area (Å²) in [6, 6.07) is 22.7. The number of H-pyrrole nitrogens is 1. The van der Waals surface area contributed by atoms with E-state index in [1.165, 1.54) is 0 Å². The summed E-state index contributed by atoms with van der Waals surface area (Å²) in [6.07, 6.45) is 6.25. The number of carbonyl (C=O) groups is 2. The molecule has 0 aliphatic heterocycles. The summed E-state index contributed by atoms with van der Waals surface area (Å²) in [4.78, 5) is 29.6. The summed E-state index contributed by atoms with van der Waals surface area (Å²) in [6.45, 7) is 0.412. The van der Waals surface area contributed by atoms with Crippen molar-refractivity contribution in [3.05, 3.63) is 113 Å². The van der Waals surface area contributed by atoms with Crippen molar-refractivity contribution in [1.82, 2.24) is 20.2 Å². The van der Waals surface area contributed by atoms with E-state index in [1.54, 1.807) is 30.3 Å². The first-order valence-electron chi connectivity index (χ1n) is 11.7. The fraction of sp³-hybridized carbons (Fsp3) is 0.103. The fourth-order valence-corrected chi connectivity index (χ4v) is 4.60. The summed E-state index contributed by atoms with van der Waals surface area (Å²) in [5.41, 5.74) is 4.48. The molecule has 3 aromatic carbocycles. The Morgan fingerprint density at radius 2 is 1.69 bits per heavy atom. The molecule has 0 unspecified atom stereocenters. The Morgan fingerprint density at radius 1 is 0.972 bits per heavy atom. The van der Waals surface area contributed by atoms with E-state index in [2.05, 4.69) is 21.7 Å². The van der Waals surface area contributed by atoms with Crippen molar-refractivity contribution in [2.75, 3.05) is 6.54 Å². The van der Waals surface area contributed by atoms with Gasteiger partial charge >= 0.3 is 0 Å². The zero-order chi connectivity index (χ0) is 25.1. The standard InChI is InChI=1S/C29H25ClN4O2/c1-34-18-20(22-9-4-7-13-27(22)34)16-26(33-28(35)23-10-2-5-11-24(23)30)29(36)31-15-14-19-17-32-25-12-6-3-8-21(19)25/h2-13,16-18,32H,14-15H2,1H3,(H,31,36)(H,33,35)/b26-16+. The molecule has 2 aromatic heterocycles. The summed E-state index contributed by atoms with van der Waals surface area (Å²) in [7, 11) is 1.95. The van der Waals surface area contributed by atoms with Crippen LogP contribution in [0.15, 0.2) is 90.9 Å². The van der Waals surface area contributed by atoms with Crippen molar-refractivity contribution in [2.24, 2.45) is 7.05 Å². The molecule has 0 aliphatic carbocycles. The summed E-state index contributed by atoms with van der Waals surface area (Å²) in [5.74, 6) is -0.818. The van der Waals surface area contributed by atoms with Crippen molar-refractivity contribution >= 4 is 51.3 Å². The van der Waals surface area contributed by atoms with Gasteiger partial charge in [-0.25, -0.2) is 0 Å². The van der Waals surface area contributed by atoms with E-state index >= 15 is 0 Å². The molecule has 0 fully saturated rings. The van der Waals surface area contributed by atoms with Gasteiger partial charge in [-0.2, -0.15) is 0 Å². The molecule has 0 saturated heterocycles. The first kappa shape index (κ1) is 23.5. The lowest BCUT2D eigenvalue weighted by Gasteiger charge is -2.12. The molecule has 180 valence electrons. The number of halogens is 1. The van der Waals surface area contributed by atoms with E-state index < -0.39 is 5.91 Å². The topological polar surface area (TPSA) is 78.9 Å². The molecule has 0 saturated carbocycles.